The van der Waals surface area contributed by atoms with Crippen LogP contribution in [0.4, 0.5) is 0 Å². The minimum absolute atomic E-state index is 0.181. The first-order chi connectivity index (χ1) is 11.6. The third-order valence-corrected chi connectivity index (χ3v) is 3.93. The molecule has 0 aliphatic carbocycles. The molecular weight excluding hydrogens is 302 g/mol. The number of carbonyl (C=O) groups excluding carboxylic acids is 1. The molecule has 0 unspecified atom stereocenters. The highest BCUT2D eigenvalue weighted by molar-refractivity contribution is 5.76. The standard InChI is InChI=1S/C18H27N5O/c1-21(2)15-16-22(12-6-9-17-7-4-3-5-8-17)18(24)10-13-23-14-11-19-20-23/h3-5,7-8,11,14H,6,9-10,12-13,15-16H2,1-2H3. The van der Waals surface area contributed by atoms with Gasteiger partial charge in [0.1, 0.15) is 0 Å². The van der Waals surface area contributed by atoms with Crippen molar-refractivity contribution in [1.82, 2.24) is 24.8 Å². The maximum Gasteiger partial charge on any atom is 0.224 e. The second-order valence-electron chi connectivity index (χ2n) is 6.19. The number of aryl methyl sites for hydroxylation is 2. The number of hydrogen-bond acceptors (Lipinski definition) is 4. The molecule has 0 N–H and O–H groups in total. The van der Waals surface area contributed by atoms with E-state index in [2.05, 4.69) is 39.5 Å². The lowest BCUT2D eigenvalue weighted by Crippen LogP contribution is -2.38. The van der Waals surface area contributed by atoms with Crippen molar-refractivity contribution >= 4 is 5.91 Å². The maximum atomic E-state index is 12.5. The Kier molecular flexibility index (Phi) is 7.42. The fourth-order valence-electron chi connectivity index (χ4n) is 2.52. The molecule has 0 aliphatic heterocycles. The predicted molar refractivity (Wildman–Crippen MR) is 94.5 cm³/mol. The first kappa shape index (κ1) is 18.1. The molecule has 0 atom stereocenters. The second-order valence-corrected chi connectivity index (χ2v) is 6.19. The van der Waals surface area contributed by atoms with E-state index in [0.29, 0.717) is 13.0 Å². The van der Waals surface area contributed by atoms with Gasteiger partial charge in [0, 0.05) is 32.3 Å². The van der Waals surface area contributed by atoms with E-state index in [0.717, 1.165) is 32.5 Å². The molecule has 2 rings (SSSR count). The number of amides is 1. The summed E-state index contributed by atoms with van der Waals surface area (Å²) < 4.78 is 1.70. The lowest BCUT2D eigenvalue weighted by Gasteiger charge is -2.24. The molecule has 24 heavy (non-hydrogen) atoms. The van der Waals surface area contributed by atoms with Gasteiger partial charge in [-0.2, -0.15) is 0 Å². The summed E-state index contributed by atoms with van der Waals surface area (Å²) >= 11 is 0. The molecule has 1 aromatic heterocycles. The van der Waals surface area contributed by atoms with E-state index < -0.39 is 0 Å². The number of likely N-dealkylation sites (N-methyl/N-ethyl adjacent to an activating group) is 1. The van der Waals surface area contributed by atoms with E-state index >= 15 is 0 Å². The highest BCUT2D eigenvalue weighted by Gasteiger charge is 2.13. The summed E-state index contributed by atoms with van der Waals surface area (Å²) in [5.74, 6) is 0.181. The van der Waals surface area contributed by atoms with Crippen LogP contribution in [-0.2, 0) is 17.8 Å². The van der Waals surface area contributed by atoms with Crippen molar-refractivity contribution in [2.75, 3.05) is 33.7 Å². The molecule has 130 valence electrons. The van der Waals surface area contributed by atoms with E-state index in [9.17, 15) is 4.79 Å². The monoisotopic (exact) mass is 329 g/mol. The van der Waals surface area contributed by atoms with E-state index in [-0.39, 0.29) is 5.91 Å². The van der Waals surface area contributed by atoms with Crippen molar-refractivity contribution in [3.63, 3.8) is 0 Å². The Hall–Kier alpha value is -2.21. The summed E-state index contributed by atoms with van der Waals surface area (Å²) in [6.07, 6.45) is 5.85. The van der Waals surface area contributed by atoms with Crippen LogP contribution in [0.1, 0.15) is 18.4 Å². The van der Waals surface area contributed by atoms with Gasteiger partial charge in [0.25, 0.3) is 0 Å². The topological polar surface area (TPSA) is 54.3 Å². The average molecular weight is 329 g/mol. The van der Waals surface area contributed by atoms with E-state index in [1.165, 1.54) is 5.56 Å². The molecule has 1 aromatic carbocycles. The molecule has 0 saturated heterocycles. The summed E-state index contributed by atoms with van der Waals surface area (Å²) in [4.78, 5) is 16.6. The fourth-order valence-corrected chi connectivity index (χ4v) is 2.52. The Morgan fingerprint density at radius 1 is 1.12 bits per heavy atom. The van der Waals surface area contributed by atoms with Crippen molar-refractivity contribution < 1.29 is 4.79 Å². The van der Waals surface area contributed by atoms with Gasteiger partial charge in [-0.1, -0.05) is 35.5 Å². The van der Waals surface area contributed by atoms with E-state index in [1.54, 1.807) is 17.1 Å². The molecule has 0 aliphatic rings. The summed E-state index contributed by atoms with van der Waals surface area (Å²) in [5, 5.41) is 7.68. The number of hydrogen-bond donors (Lipinski definition) is 0. The third kappa shape index (κ3) is 6.50. The Labute approximate surface area is 144 Å². The first-order valence-corrected chi connectivity index (χ1v) is 8.45. The SMILES string of the molecule is CN(C)CCN(CCCc1ccccc1)C(=O)CCn1ccnn1. The lowest BCUT2D eigenvalue weighted by atomic mass is 10.1. The van der Waals surface area contributed by atoms with Crippen LogP contribution >= 0.6 is 0 Å². The van der Waals surface area contributed by atoms with Gasteiger partial charge in [0.15, 0.2) is 0 Å². The van der Waals surface area contributed by atoms with Gasteiger partial charge in [-0.05, 0) is 32.5 Å². The van der Waals surface area contributed by atoms with Crippen molar-refractivity contribution in [3.05, 3.63) is 48.3 Å². The van der Waals surface area contributed by atoms with E-state index in [4.69, 9.17) is 0 Å². The van der Waals surface area contributed by atoms with Crippen LogP contribution in [0.25, 0.3) is 0 Å². The minimum Gasteiger partial charge on any atom is -0.341 e. The Bertz CT molecular complexity index is 583. The highest BCUT2D eigenvalue weighted by Crippen LogP contribution is 2.05. The predicted octanol–water partition coefficient (Wildman–Crippen LogP) is 1.69. The third-order valence-electron chi connectivity index (χ3n) is 3.93. The quantitative estimate of drug-likeness (QED) is 0.666. The molecule has 0 fully saturated rings. The number of aromatic nitrogens is 3. The maximum absolute atomic E-state index is 12.5. The fraction of sp³-hybridized carbons (Fsp3) is 0.500. The number of rotatable bonds is 10. The lowest BCUT2D eigenvalue weighted by molar-refractivity contribution is -0.131. The molecule has 0 spiro atoms. The molecule has 6 heteroatoms. The smallest absolute Gasteiger partial charge is 0.224 e. The zero-order chi connectivity index (χ0) is 17.2. The van der Waals surface area contributed by atoms with Crippen LogP contribution in [0.5, 0.6) is 0 Å². The van der Waals surface area contributed by atoms with Crippen LogP contribution in [0.2, 0.25) is 0 Å². The van der Waals surface area contributed by atoms with E-state index in [1.807, 2.05) is 25.1 Å². The Morgan fingerprint density at radius 2 is 1.92 bits per heavy atom. The second kappa shape index (κ2) is 9.82. The summed E-state index contributed by atoms with van der Waals surface area (Å²) in [7, 11) is 4.06. The zero-order valence-corrected chi connectivity index (χ0v) is 14.6. The number of carbonyl (C=O) groups is 1. The van der Waals surface area contributed by atoms with Crippen molar-refractivity contribution in [3.8, 4) is 0 Å². The molecular formula is C18H27N5O. The molecule has 0 bridgehead atoms. The molecule has 0 radical (unpaired) electrons. The normalized spacial score (nSPS) is 11.0. The number of nitrogens with zero attached hydrogens (tertiary/aromatic N) is 5. The average Bonchev–Trinajstić information content (AvgIpc) is 3.10. The Balaban J connectivity index is 1.82. The van der Waals surface area contributed by atoms with Gasteiger partial charge in [0.2, 0.25) is 5.91 Å². The highest BCUT2D eigenvalue weighted by atomic mass is 16.2. The summed E-state index contributed by atoms with van der Waals surface area (Å²) in [6, 6.07) is 10.4. The van der Waals surface area contributed by atoms with Crippen molar-refractivity contribution in [2.24, 2.45) is 0 Å². The molecule has 6 nitrogen and oxygen atoms in total. The molecule has 0 saturated carbocycles. The largest absolute Gasteiger partial charge is 0.341 e. The van der Waals surface area contributed by atoms with Gasteiger partial charge in [-0.25, -0.2) is 0 Å². The molecule has 1 heterocycles. The van der Waals surface area contributed by atoms with Crippen LogP contribution in [0.15, 0.2) is 42.7 Å². The van der Waals surface area contributed by atoms with Gasteiger partial charge < -0.3 is 9.80 Å². The van der Waals surface area contributed by atoms with Gasteiger partial charge in [-0.15, -0.1) is 5.10 Å². The van der Waals surface area contributed by atoms with Gasteiger partial charge >= 0.3 is 0 Å². The van der Waals surface area contributed by atoms with Crippen molar-refractivity contribution in [1.29, 1.82) is 0 Å². The Morgan fingerprint density at radius 3 is 2.58 bits per heavy atom. The van der Waals surface area contributed by atoms with Gasteiger partial charge in [-0.3, -0.25) is 9.48 Å². The molecule has 2 aromatic rings. The molecule has 1 amide bonds. The van der Waals surface area contributed by atoms with Crippen LogP contribution < -0.4 is 0 Å². The number of benzene rings is 1. The summed E-state index contributed by atoms with van der Waals surface area (Å²) in [5.41, 5.74) is 1.32. The summed E-state index contributed by atoms with van der Waals surface area (Å²) in [6.45, 7) is 3.01. The van der Waals surface area contributed by atoms with Crippen LogP contribution in [-0.4, -0.2) is 64.4 Å². The zero-order valence-electron chi connectivity index (χ0n) is 14.6. The minimum atomic E-state index is 0.181. The van der Waals surface area contributed by atoms with Gasteiger partial charge in [0.05, 0.1) is 12.7 Å². The van der Waals surface area contributed by atoms with Crippen molar-refractivity contribution in [2.45, 2.75) is 25.8 Å². The first-order valence-electron chi connectivity index (χ1n) is 8.45. The van der Waals surface area contributed by atoms with Crippen LogP contribution in [0.3, 0.4) is 0 Å². The van der Waals surface area contributed by atoms with Crippen LogP contribution in [0, 0.1) is 0 Å².